The van der Waals surface area contributed by atoms with Crippen LogP contribution in [0.3, 0.4) is 0 Å². The SMILES string of the molecule is C=CCCC(=NC)C1CC(NC(=O)O)C1. The van der Waals surface area contributed by atoms with E-state index in [4.69, 9.17) is 5.11 Å². The normalized spacial score (nSPS) is 25.5. The fourth-order valence-corrected chi connectivity index (χ4v) is 1.93. The first-order valence-electron chi connectivity index (χ1n) is 5.23. The Kier molecular flexibility index (Phi) is 4.34. The summed E-state index contributed by atoms with van der Waals surface area (Å²) in [6, 6.07) is 0.119. The third-order valence-electron chi connectivity index (χ3n) is 2.83. The molecular formula is C11H18N2O2. The quantitative estimate of drug-likeness (QED) is 0.539. The molecule has 0 aromatic heterocycles. The lowest BCUT2D eigenvalue weighted by Gasteiger charge is -2.35. The van der Waals surface area contributed by atoms with E-state index in [1.807, 2.05) is 6.08 Å². The molecule has 0 aromatic rings. The molecule has 1 saturated carbocycles. The Labute approximate surface area is 90.1 Å². The number of carboxylic acid groups (broad SMARTS) is 1. The number of nitrogens with one attached hydrogen (secondary N) is 1. The van der Waals surface area contributed by atoms with Gasteiger partial charge >= 0.3 is 6.09 Å². The van der Waals surface area contributed by atoms with Gasteiger partial charge in [-0.25, -0.2) is 4.79 Å². The Balaban J connectivity index is 2.29. The van der Waals surface area contributed by atoms with Gasteiger partial charge in [0.1, 0.15) is 0 Å². The highest BCUT2D eigenvalue weighted by atomic mass is 16.4. The van der Waals surface area contributed by atoms with Crippen LogP contribution in [0, 0.1) is 5.92 Å². The van der Waals surface area contributed by atoms with Gasteiger partial charge in [0, 0.05) is 24.7 Å². The number of allylic oxidation sites excluding steroid dienone is 1. The van der Waals surface area contributed by atoms with Crippen molar-refractivity contribution in [2.24, 2.45) is 10.9 Å². The fraction of sp³-hybridized carbons (Fsp3) is 0.636. The summed E-state index contributed by atoms with van der Waals surface area (Å²) < 4.78 is 0. The Morgan fingerprint density at radius 2 is 2.33 bits per heavy atom. The van der Waals surface area contributed by atoms with Gasteiger partial charge in [0.2, 0.25) is 0 Å². The Hall–Kier alpha value is -1.32. The Morgan fingerprint density at radius 3 is 2.80 bits per heavy atom. The summed E-state index contributed by atoms with van der Waals surface area (Å²) in [6.07, 6.45) is 4.62. The van der Waals surface area contributed by atoms with Crippen LogP contribution in [0.25, 0.3) is 0 Å². The Morgan fingerprint density at radius 1 is 1.67 bits per heavy atom. The monoisotopic (exact) mass is 210 g/mol. The maximum Gasteiger partial charge on any atom is 0.404 e. The molecule has 1 fully saturated rings. The van der Waals surface area contributed by atoms with Crippen molar-refractivity contribution in [2.45, 2.75) is 31.7 Å². The second kappa shape index (κ2) is 5.53. The lowest BCUT2D eigenvalue weighted by molar-refractivity contribution is 0.176. The molecule has 1 rings (SSSR count). The van der Waals surface area contributed by atoms with Crippen molar-refractivity contribution in [3.8, 4) is 0 Å². The van der Waals surface area contributed by atoms with Crippen molar-refractivity contribution >= 4 is 11.8 Å². The van der Waals surface area contributed by atoms with Gasteiger partial charge in [-0.2, -0.15) is 0 Å². The minimum Gasteiger partial charge on any atom is -0.465 e. The third-order valence-corrected chi connectivity index (χ3v) is 2.83. The van der Waals surface area contributed by atoms with Crippen molar-refractivity contribution in [2.75, 3.05) is 7.05 Å². The molecule has 15 heavy (non-hydrogen) atoms. The molecule has 2 N–H and O–H groups in total. The van der Waals surface area contributed by atoms with Crippen molar-refractivity contribution in [1.29, 1.82) is 0 Å². The summed E-state index contributed by atoms with van der Waals surface area (Å²) in [6.45, 7) is 3.68. The third kappa shape index (κ3) is 3.38. The Bertz CT molecular complexity index is 268. The van der Waals surface area contributed by atoms with Crippen LogP contribution < -0.4 is 5.32 Å². The molecule has 84 valence electrons. The molecule has 0 radical (unpaired) electrons. The standard InChI is InChI=1S/C11H18N2O2/c1-3-4-5-10(12-2)8-6-9(7-8)13-11(14)15/h3,8-9,13H,1,4-7H2,2H3,(H,14,15). The van der Waals surface area contributed by atoms with Crippen LogP contribution in [0.15, 0.2) is 17.6 Å². The highest BCUT2D eigenvalue weighted by Crippen LogP contribution is 2.30. The lowest BCUT2D eigenvalue weighted by atomic mass is 9.76. The van der Waals surface area contributed by atoms with Gasteiger partial charge in [-0.05, 0) is 25.7 Å². The van der Waals surface area contributed by atoms with Crippen LogP contribution in [-0.2, 0) is 0 Å². The number of amides is 1. The maximum atomic E-state index is 10.4. The van der Waals surface area contributed by atoms with E-state index in [0.717, 1.165) is 25.7 Å². The van der Waals surface area contributed by atoms with E-state index < -0.39 is 6.09 Å². The largest absolute Gasteiger partial charge is 0.465 e. The summed E-state index contributed by atoms with van der Waals surface area (Å²) >= 11 is 0. The molecule has 4 heteroatoms. The lowest BCUT2D eigenvalue weighted by Crippen LogP contribution is -2.46. The number of nitrogens with zero attached hydrogens (tertiary/aromatic N) is 1. The molecule has 0 spiro atoms. The first kappa shape index (κ1) is 11.8. The number of hydrogen-bond donors (Lipinski definition) is 2. The summed E-state index contributed by atoms with van der Waals surface area (Å²) in [4.78, 5) is 14.6. The minimum atomic E-state index is -0.931. The smallest absolute Gasteiger partial charge is 0.404 e. The molecule has 1 amide bonds. The van der Waals surface area contributed by atoms with Gasteiger partial charge < -0.3 is 10.4 Å². The van der Waals surface area contributed by atoms with Crippen molar-refractivity contribution < 1.29 is 9.90 Å². The molecule has 0 bridgehead atoms. The number of carbonyl (C=O) groups is 1. The fourth-order valence-electron chi connectivity index (χ4n) is 1.93. The van der Waals surface area contributed by atoms with E-state index in [-0.39, 0.29) is 6.04 Å². The van der Waals surface area contributed by atoms with Gasteiger partial charge in [-0.1, -0.05) is 6.08 Å². The van der Waals surface area contributed by atoms with E-state index in [0.29, 0.717) is 5.92 Å². The minimum absolute atomic E-state index is 0.119. The highest BCUT2D eigenvalue weighted by Gasteiger charge is 2.32. The van der Waals surface area contributed by atoms with Gasteiger partial charge in [-0.3, -0.25) is 4.99 Å². The molecule has 1 aliphatic carbocycles. The number of rotatable bonds is 5. The maximum absolute atomic E-state index is 10.4. The molecule has 0 heterocycles. The van der Waals surface area contributed by atoms with Crippen LogP contribution in [0.2, 0.25) is 0 Å². The topological polar surface area (TPSA) is 61.7 Å². The molecule has 0 saturated heterocycles. The first-order chi connectivity index (χ1) is 7.17. The summed E-state index contributed by atoms with van der Waals surface area (Å²) in [5.41, 5.74) is 1.19. The summed E-state index contributed by atoms with van der Waals surface area (Å²) in [7, 11) is 1.80. The number of hydrogen-bond acceptors (Lipinski definition) is 2. The van der Waals surface area contributed by atoms with Crippen LogP contribution in [0.5, 0.6) is 0 Å². The second-order valence-electron chi connectivity index (χ2n) is 3.86. The molecule has 0 atom stereocenters. The predicted octanol–water partition coefficient (Wildman–Crippen LogP) is 2.07. The zero-order valence-corrected chi connectivity index (χ0v) is 9.07. The molecule has 4 nitrogen and oxygen atoms in total. The first-order valence-corrected chi connectivity index (χ1v) is 5.23. The second-order valence-corrected chi connectivity index (χ2v) is 3.86. The van der Waals surface area contributed by atoms with E-state index in [9.17, 15) is 4.79 Å². The van der Waals surface area contributed by atoms with Gasteiger partial charge in [-0.15, -0.1) is 6.58 Å². The molecule has 0 unspecified atom stereocenters. The zero-order valence-electron chi connectivity index (χ0n) is 9.07. The highest BCUT2D eigenvalue weighted by molar-refractivity contribution is 5.87. The molecular weight excluding hydrogens is 192 g/mol. The molecule has 0 aromatic carbocycles. The van der Waals surface area contributed by atoms with Gasteiger partial charge in [0.05, 0.1) is 0 Å². The van der Waals surface area contributed by atoms with Gasteiger partial charge in [0.15, 0.2) is 0 Å². The number of aliphatic imine (C=N–C) groups is 1. The van der Waals surface area contributed by atoms with Crippen molar-refractivity contribution in [3.05, 3.63) is 12.7 Å². The zero-order chi connectivity index (χ0) is 11.3. The van der Waals surface area contributed by atoms with E-state index in [1.54, 1.807) is 7.05 Å². The van der Waals surface area contributed by atoms with Crippen LogP contribution in [-0.4, -0.2) is 30.0 Å². The predicted molar refractivity (Wildman–Crippen MR) is 60.5 cm³/mol. The van der Waals surface area contributed by atoms with E-state index in [2.05, 4.69) is 16.9 Å². The van der Waals surface area contributed by atoms with Crippen molar-refractivity contribution in [1.82, 2.24) is 5.32 Å². The average Bonchev–Trinajstić information content (AvgIpc) is 2.13. The van der Waals surface area contributed by atoms with Crippen LogP contribution in [0.4, 0.5) is 4.79 Å². The van der Waals surface area contributed by atoms with E-state index in [1.165, 1.54) is 5.71 Å². The van der Waals surface area contributed by atoms with Gasteiger partial charge in [0.25, 0.3) is 0 Å². The van der Waals surface area contributed by atoms with E-state index >= 15 is 0 Å². The summed E-state index contributed by atoms with van der Waals surface area (Å²) in [5, 5.41) is 11.0. The van der Waals surface area contributed by atoms with Crippen LogP contribution >= 0.6 is 0 Å². The van der Waals surface area contributed by atoms with Crippen molar-refractivity contribution in [3.63, 3.8) is 0 Å². The average molecular weight is 210 g/mol. The molecule has 0 aliphatic heterocycles. The van der Waals surface area contributed by atoms with Crippen LogP contribution in [0.1, 0.15) is 25.7 Å². The molecule has 1 aliphatic rings. The summed E-state index contributed by atoms with van der Waals surface area (Å²) in [5.74, 6) is 0.465.